The molecule has 0 aliphatic rings. The number of hydrogen-bond acceptors (Lipinski definition) is 8. The molecule has 142 valence electrons. The van der Waals surface area contributed by atoms with E-state index in [1.54, 1.807) is 37.6 Å². The summed E-state index contributed by atoms with van der Waals surface area (Å²) in [7, 11) is 1.65. The van der Waals surface area contributed by atoms with Crippen LogP contribution < -0.4 is 4.74 Å². The number of nitrogens with zero attached hydrogens (tertiary/aromatic N) is 6. The van der Waals surface area contributed by atoms with E-state index in [0.717, 1.165) is 34.3 Å². The molecule has 0 spiro atoms. The molecule has 0 radical (unpaired) electrons. The van der Waals surface area contributed by atoms with Crippen LogP contribution in [0.15, 0.2) is 64.8 Å². The second-order valence-electron chi connectivity index (χ2n) is 5.88. The fraction of sp³-hybridized carbons (Fsp3) is 0.211. The maximum absolute atomic E-state index is 5.34. The summed E-state index contributed by atoms with van der Waals surface area (Å²) < 4.78 is 12.6. The first kappa shape index (κ1) is 18.2. The number of pyridine rings is 1. The van der Waals surface area contributed by atoms with Crippen molar-refractivity contribution in [3.8, 4) is 22.8 Å². The van der Waals surface area contributed by atoms with Crippen molar-refractivity contribution in [3.63, 3.8) is 0 Å². The highest BCUT2D eigenvalue weighted by Gasteiger charge is 2.10. The van der Waals surface area contributed by atoms with Gasteiger partial charge in [0.1, 0.15) is 12.1 Å². The van der Waals surface area contributed by atoms with Gasteiger partial charge in [-0.15, -0.1) is 10.2 Å². The fourth-order valence-electron chi connectivity index (χ4n) is 2.62. The molecule has 0 atom stereocenters. The maximum Gasteiger partial charge on any atom is 0.226 e. The van der Waals surface area contributed by atoms with E-state index in [0.29, 0.717) is 18.1 Å². The standard InChI is InChI=1S/C19H18N6O2S/c1-26-16-5-2-4-15(12-16)25-13-21-23-19(25)28-11-3-6-17-22-18(24-27-17)14-7-9-20-10-8-14/h2,4-5,7-10,12-13H,3,6,11H2,1H3. The third-order valence-electron chi connectivity index (χ3n) is 4.02. The van der Waals surface area contributed by atoms with Crippen molar-refractivity contribution in [1.29, 1.82) is 0 Å². The van der Waals surface area contributed by atoms with Gasteiger partial charge in [-0.05, 0) is 30.7 Å². The summed E-state index contributed by atoms with van der Waals surface area (Å²) in [5, 5.41) is 13.1. The SMILES string of the molecule is COc1cccc(-n2cnnc2SCCCc2nc(-c3ccncc3)no2)c1. The van der Waals surface area contributed by atoms with Crippen molar-refractivity contribution in [3.05, 3.63) is 61.0 Å². The van der Waals surface area contributed by atoms with Gasteiger partial charge in [0.15, 0.2) is 5.16 Å². The van der Waals surface area contributed by atoms with Crippen molar-refractivity contribution in [2.24, 2.45) is 0 Å². The van der Waals surface area contributed by atoms with Crippen LogP contribution in [0.2, 0.25) is 0 Å². The van der Waals surface area contributed by atoms with Crippen molar-refractivity contribution in [2.45, 2.75) is 18.0 Å². The molecule has 4 rings (SSSR count). The van der Waals surface area contributed by atoms with Gasteiger partial charge in [0.05, 0.1) is 12.8 Å². The lowest BCUT2D eigenvalue weighted by atomic mass is 10.2. The van der Waals surface area contributed by atoms with Gasteiger partial charge in [-0.1, -0.05) is 23.0 Å². The first-order valence-electron chi connectivity index (χ1n) is 8.74. The molecule has 1 aromatic carbocycles. The van der Waals surface area contributed by atoms with Gasteiger partial charge >= 0.3 is 0 Å². The smallest absolute Gasteiger partial charge is 0.226 e. The molecule has 8 nitrogen and oxygen atoms in total. The molecule has 0 aliphatic carbocycles. The number of aryl methyl sites for hydroxylation is 1. The maximum atomic E-state index is 5.34. The Morgan fingerprint density at radius 1 is 1.18 bits per heavy atom. The van der Waals surface area contributed by atoms with E-state index in [1.165, 1.54) is 0 Å². The fourth-order valence-corrected chi connectivity index (χ4v) is 3.49. The zero-order chi connectivity index (χ0) is 19.2. The molecule has 0 amide bonds. The van der Waals surface area contributed by atoms with Gasteiger partial charge in [-0.2, -0.15) is 4.98 Å². The molecule has 0 N–H and O–H groups in total. The number of aromatic nitrogens is 6. The van der Waals surface area contributed by atoms with Crippen molar-refractivity contribution >= 4 is 11.8 Å². The molecule has 3 heterocycles. The van der Waals surface area contributed by atoms with E-state index in [-0.39, 0.29) is 0 Å². The van der Waals surface area contributed by atoms with E-state index in [9.17, 15) is 0 Å². The summed E-state index contributed by atoms with van der Waals surface area (Å²) >= 11 is 1.63. The summed E-state index contributed by atoms with van der Waals surface area (Å²) in [5.41, 5.74) is 1.86. The van der Waals surface area contributed by atoms with Crippen LogP contribution in [0.1, 0.15) is 12.3 Å². The number of benzene rings is 1. The lowest BCUT2D eigenvalue weighted by Gasteiger charge is -2.07. The minimum Gasteiger partial charge on any atom is -0.497 e. The minimum absolute atomic E-state index is 0.586. The summed E-state index contributed by atoms with van der Waals surface area (Å²) in [6.07, 6.45) is 6.71. The molecule has 0 saturated carbocycles. The number of methoxy groups -OCH3 is 1. The van der Waals surface area contributed by atoms with Crippen LogP contribution in [-0.2, 0) is 6.42 Å². The highest BCUT2D eigenvalue weighted by atomic mass is 32.2. The van der Waals surface area contributed by atoms with E-state index in [1.807, 2.05) is 41.0 Å². The quantitative estimate of drug-likeness (QED) is 0.331. The Kier molecular flexibility index (Phi) is 5.62. The first-order chi connectivity index (χ1) is 13.8. The van der Waals surface area contributed by atoms with Crippen LogP contribution in [0.4, 0.5) is 0 Å². The monoisotopic (exact) mass is 394 g/mol. The van der Waals surface area contributed by atoms with Crippen molar-refractivity contribution < 1.29 is 9.26 Å². The van der Waals surface area contributed by atoms with Gasteiger partial charge in [-0.3, -0.25) is 9.55 Å². The molecule has 0 bridgehead atoms. The average molecular weight is 394 g/mol. The zero-order valence-corrected chi connectivity index (χ0v) is 16.0. The van der Waals surface area contributed by atoms with Gasteiger partial charge in [0.2, 0.25) is 11.7 Å². The minimum atomic E-state index is 0.586. The van der Waals surface area contributed by atoms with Crippen LogP contribution in [-0.4, -0.2) is 42.8 Å². The van der Waals surface area contributed by atoms with Gasteiger partial charge in [-0.25, -0.2) is 0 Å². The number of hydrogen-bond donors (Lipinski definition) is 0. The zero-order valence-electron chi connectivity index (χ0n) is 15.2. The van der Waals surface area contributed by atoms with E-state index in [4.69, 9.17) is 9.26 Å². The van der Waals surface area contributed by atoms with Gasteiger partial charge in [0, 0.05) is 36.2 Å². The Morgan fingerprint density at radius 3 is 2.93 bits per heavy atom. The van der Waals surface area contributed by atoms with Crippen LogP contribution in [0, 0.1) is 0 Å². The first-order valence-corrected chi connectivity index (χ1v) is 9.72. The molecule has 0 fully saturated rings. The lowest BCUT2D eigenvalue weighted by Crippen LogP contribution is -1.97. The second kappa shape index (κ2) is 8.66. The third kappa shape index (κ3) is 4.20. The Bertz CT molecular complexity index is 1030. The molecule has 0 unspecified atom stereocenters. The van der Waals surface area contributed by atoms with E-state index < -0.39 is 0 Å². The highest BCUT2D eigenvalue weighted by molar-refractivity contribution is 7.99. The van der Waals surface area contributed by atoms with Crippen LogP contribution in [0.3, 0.4) is 0 Å². The highest BCUT2D eigenvalue weighted by Crippen LogP contribution is 2.23. The summed E-state index contributed by atoms with van der Waals surface area (Å²) in [6.45, 7) is 0. The number of ether oxygens (including phenoxy) is 1. The molecular formula is C19H18N6O2S. The summed E-state index contributed by atoms with van der Waals surface area (Å²) in [5.74, 6) is 2.86. The molecule has 4 aromatic rings. The third-order valence-corrected chi connectivity index (χ3v) is 5.05. The van der Waals surface area contributed by atoms with Gasteiger partial charge in [0.25, 0.3) is 0 Å². The van der Waals surface area contributed by atoms with Crippen LogP contribution in [0.25, 0.3) is 17.1 Å². The largest absolute Gasteiger partial charge is 0.497 e. The molecular weight excluding hydrogens is 376 g/mol. The number of thioether (sulfide) groups is 1. The van der Waals surface area contributed by atoms with Crippen LogP contribution >= 0.6 is 11.8 Å². The normalized spacial score (nSPS) is 10.9. The Balaban J connectivity index is 1.33. The van der Waals surface area contributed by atoms with E-state index >= 15 is 0 Å². The summed E-state index contributed by atoms with van der Waals surface area (Å²) in [6, 6.07) is 11.5. The Hall–Kier alpha value is -3.20. The predicted molar refractivity (Wildman–Crippen MR) is 104 cm³/mol. The predicted octanol–water partition coefficient (Wildman–Crippen LogP) is 3.45. The second-order valence-corrected chi connectivity index (χ2v) is 6.95. The lowest BCUT2D eigenvalue weighted by molar-refractivity contribution is 0.378. The Morgan fingerprint density at radius 2 is 2.07 bits per heavy atom. The molecule has 0 aliphatic heterocycles. The molecule has 3 aromatic heterocycles. The van der Waals surface area contributed by atoms with Crippen LogP contribution in [0.5, 0.6) is 5.75 Å². The van der Waals surface area contributed by atoms with Gasteiger partial charge < -0.3 is 9.26 Å². The molecule has 0 saturated heterocycles. The molecule has 9 heteroatoms. The Labute approximate surface area is 166 Å². The summed E-state index contributed by atoms with van der Waals surface area (Å²) in [4.78, 5) is 8.43. The topological polar surface area (TPSA) is 91.8 Å². The average Bonchev–Trinajstić information content (AvgIpc) is 3.41. The molecule has 28 heavy (non-hydrogen) atoms. The van der Waals surface area contributed by atoms with E-state index in [2.05, 4.69) is 25.3 Å². The van der Waals surface area contributed by atoms with Crippen molar-refractivity contribution in [2.75, 3.05) is 12.9 Å². The number of rotatable bonds is 8. The van der Waals surface area contributed by atoms with Crippen molar-refractivity contribution in [1.82, 2.24) is 29.9 Å².